The zero-order valence-electron chi connectivity index (χ0n) is 4.45. The van der Waals surface area contributed by atoms with Crippen molar-refractivity contribution in [3.05, 3.63) is 0 Å². The Hall–Kier alpha value is 0.420. The smallest absolute Gasteiger partial charge is 0.281 e. The molecule has 1 amide bonds. The Morgan fingerprint density at radius 1 is 1.67 bits per heavy atom. The third-order valence-corrected chi connectivity index (χ3v) is 1.58. The van der Waals surface area contributed by atoms with Crippen molar-refractivity contribution in [3.8, 4) is 0 Å². The van der Waals surface area contributed by atoms with Crippen molar-refractivity contribution in [2.24, 2.45) is 0 Å². The van der Waals surface area contributed by atoms with Gasteiger partial charge in [-0.1, -0.05) is 0 Å². The van der Waals surface area contributed by atoms with E-state index in [1.165, 1.54) is 0 Å². The molecule has 54 valence electrons. The molecule has 0 bridgehead atoms. The Bertz CT molecular complexity index is 118. The Kier molecular flexibility index (Phi) is 3.72. The van der Waals surface area contributed by atoms with E-state index >= 15 is 0 Å². The minimum atomic E-state index is -1.37. The summed E-state index contributed by atoms with van der Waals surface area (Å²) in [5, 5.41) is 10.1. The van der Waals surface area contributed by atoms with Crippen LogP contribution in [0.15, 0.2) is 0 Å². The largest absolute Gasteiger partial charge is 0.497 e. The number of rotatable bonds is 2. The molecule has 0 radical (unpaired) electrons. The maximum absolute atomic E-state index is 10.1. The van der Waals surface area contributed by atoms with Gasteiger partial charge < -0.3 is 9.90 Å². The highest BCUT2D eigenvalue weighted by molar-refractivity contribution is 7.88. The number of halogens is 1. The molecule has 0 aromatic heterocycles. The standard InChI is InChI=1S/C3H6ClNO2S2/c4-1-2-5(8,9)3(6)7/h8-9H,1-2H2. The Labute approximate surface area is 69.3 Å². The fraction of sp³-hybridized carbons (Fsp3) is 0.667. The number of hydrogen-bond donors (Lipinski definition) is 2. The summed E-state index contributed by atoms with van der Waals surface area (Å²) in [5.41, 5.74) is 0. The fourth-order valence-corrected chi connectivity index (χ4v) is 0.898. The van der Waals surface area contributed by atoms with E-state index in [9.17, 15) is 9.90 Å². The molecule has 6 heteroatoms. The number of carbonyl (C=O) groups excluding carboxylic acids is 1. The molecule has 0 N–H and O–H groups in total. The van der Waals surface area contributed by atoms with Crippen LogP contribution in [0, 0.1) is 0 Å². The number of carboxylic acid groups (broad SMARTS) is 1. The minimum Gasteiger partial charge on any atom is -0.497 e. The van der Waals surface area contributed by atoms with Crippen LogP contribution in [0.2, 0.25) is 0 Å². The summed E-state index contributed by atoms with van der Waals surface area (Å²) in [6, 6.07) is 0. The van der Waals surface area contributed by atoms with E-state index in [0.717, 1.165) is 0 Å². The predicted molar refractivity (Wildman–Crippen MR) is 39.2 cm³/mol. The van der Waals surface area contributed by atoms with E-state index in [1.54, 1.807) is 0 Å². The van der Waals surface area contributed by atoms with Gasteiger partial charge in [0.1, 0.15) is 6.54 Å². The van der Waals surface area contributed by atoms with E-state index in [-0.39, 0.29) is 12.4 Å². The van der Waals surface area contributed by atoms with Gasteiger partial charge >= 0.3 is 0 Å². The zero-order chi connectivity index (χ0) is 7.49. The first-order chi connectivity index (χ1) is 4.00. The molecule has 0 spiro atoms. The molecular formula is C3H6ClNO2S2. The van der Waals surface area contributed by atoms with Crippen LogP contribution in [-0.4, -0.2) is 21.8 Å². The van der Waals surface area contributed by atoms with Crippen molar-refractivity contribution in [3.63, 3.8) is 0 Å². The topological polar surface area (TPSA) is 40.1 Å². The van der Waals surface area contributed by atoms with E-state index in [0.29, 0.717) is 0 Å². The molecule has 0 fully saturated rings. The highest BCUT2D eigenvalue weighted by Crippen LogP contribution is 2.14. The monoisotopic (exact) mass is 187 g/mol. The van der Waals surface area contributed by atoms with Crippen molar-refractivity contribution in [2.75, 3.05) is 12.4 Å². The number of thiol groups is 2. The van der Waals surface area contributed by atoms with Crippen LogP contribution in [0.5, 0.6) is 0 Å². The highest BCUT2D eigenvalue weighted by Gasteiger charge is 2.20. The van der Waals surface area contributed by atoms with Crippen LogP contribution in [0.1, 0.15) is 0 Å². The van der Waals surface area contributed by atoms with Gasteiger partial charge in [-0.15, -0.1) is 11.6 Å². The quantitative estimate of drug-likeness (QED) is 0.365. The number of hydrogen-bond acceptors (Lipinski definition) is 4. The summed E-state index contributed by atoms with van der Waals surface area (Å²) in [4.78, 5) is 10.1. The first-order valence-corrected chi connectivity index (χ1v) is 3.45. The minimum absolute atomic E-state index is 0.121. The molecule has 3 nitrogen and oxygen atoms in total. The van der Waals surface area contributed by atoms with Gasteiger partial charge in [0.25, 0.3) is 6.09 Å². The molecule has 0 aliphatic rings. The van der Waals surface area contributed by atoms with Crippen LogP contribution in [0.25, 0.3) is 0 Å². The number of amides is 1. The average Bonchev–Trinajstić information content (AvgIpc) is 1.65. The predicted octanol–water partition coefficient (Wildman–Crippen LogP) is 0.0749. The molecule has 0 atom stereocenters. The number of nitrogens with zero attached hydrogens (tertiary/aromatic N) is 1. The second-order valence-corrected chi connectivity index (χ2v) is 3.47. The van der Waals surface area contributed by atoms with Crippen molar-refractivity contribution in [2.45, 2.75) is 0 Å². The number of quaternary nitrogens is 1. The van der Waals surface area contributed by atoms with Crippen molar-refractivity contribution in [1.29, 1.82) is 0 Å². The lowest BCUT2D eigenvalue weighted by molar-refractivity contribution is -0.602. The molecule has 0 unspecified atom stereocenters. The van der Waals surface area contributed by atoms with Crippen LogP contribution >= 0.6 is 37.2 Å². The number of carbonyl (C=O) groups is 1. The van der Waals surface area contributed by atoms with Gasteiger partial charge in [-0.25, -0.2) is 0 Å². The van der Waals surface area contributed by atoms with Crippen LogP contribution < -0.4 is 5.11 Å². The lowest BCUT2D eigenvalue weighted by Crippen LogP contribution is -2.45. The molecule has 0 aliphatic heterocycles. The summed E-state index contributed by atoms with van der Waals surface area (Å²) >= 11 is 12.5. The molecule has 9 heavy (non-hydrogen) atoms. The molecule has 0 heterocycles. The van der Waals surface area contributed by atoms with Gasteiger partial charge in [0.15, 0.2) is 0 Å². The van der Waals surface area contributed by atoms with Gasteiger partial charge in [-0.3, -0.25) is 0 Å². The van der Waals surface area contributed by atoms with E-state index in [2.05, 4.69) is 25.6 Å². The molecule has 0 aliphatic carbocycles. The van der Waals surface area contributed by atoms with Gasteiger partial charge in [0, 0.05) is 0 Å². The lowest BCUT2D eigenvalue weighted by atomic mass is 10.7. The van der Waals surface area contributed by atoms with Crippen molar-refractivity contribution in [1.82, 2.24) is 0 Å². The summed E-state index contributed by atoms with van der Waals surface area (Å²) in [6.45, 7) is 0.121. The van der Waals surface area contributed by atoms with Crippen LogP contribution in [0.4, 0.5) is 4.79 Å². The van der Waals surface area contributed by atoms with Gasteiger partial charge in [-0.2, -0.15) is 3.29 Å². The normalized spacial score (nSPS) is 11.4. The SMILES string of the molecule is O=C([O-])[N+](S)(S)CCCl. The molecule has 0 rings (SSSR count). The Balaban J connectivity index is 3.85. The Morgan fingerprint density at radius 2 is 2.11 bits per heavy atom. The lowest BCUT2D eigenvalue weighted by Gasteiger charge is -2.21. The maximum atomic E-state index is 10.1. The summed E-state index contributed by atoms with van der Waals surface area (Å²) < 4.78 is -0.788. The summed E-state index contributed by atoms with van der Waals surface area (Å²) in [6.07, 6.45) is -1.37. The summed E-state index contributed by atoms with van der Waals surface area (Å²) in [7, 11) is 0. The number of alkyl halides is 1. The molecular weight excluding hydrogens is 182 g/mol. The van der Waals surface area contributed by atoms with Gasteiger partial charge in [-0.05, 0) is 0 Å². The second-order valence-electron chi connectivity index (χ2n) is 1.41. The van der Waals surface area contributed by atoms with Crippen molar-refractivity contribution < 1.29 is 13.2 Å². The van der Waals surface area contributed by atoms with Crippen LogP contribution in [0.3, 0.4) is 0 Å². The molecule has 0 aromatic carbocycles. The van der Waals surface area contributed by atoms with E-state index in [4.69, 9.17) is 11.6 Å². The summed E-state index contributed by atoms with van der Waals surface area (Å²) in [5.74, 6) is 0.182. The van der Waals surface area contributed by atoms with Gasteiger partial charge in [0.05, 0.1) is 31.5 Å². The molecule has 0 saturated carbocycles. The second kappa shape index (κ2) is 3.55. The molecule has 0 aromatic rings. The van der Waals surface area contributed by atoms with E-state index in [1.807, 2.05) is 0 Å². The first kappa shape index (κ1) is 9.42. The maximum Gasteiger partial charge on any atom is 0.281 e. The fourth-order valence-electron chi connectivity index (χ4n) is 0.209. The third kappa shape index (κ3) is 3.20. The zero-order valence-corrected chi connectivity index (χ0v) is 7.00. The van der Waals surface area contributed by atoms with Crippen LogP contribution in [-0.2, 0) is 0 Å². The average molecular weight is 188 g/mol. The Morgan fingerprint density at radius 3 is 2.22 bits per heavy atom. The van der Waals surface area contributed by atoms with Gasteiger partial charge in [0.2, 0.25) is 0 Å². The molecule has 0 saturated heterocycles. The van der Waals surface area contributed by atoms with Crippen molar-refractivity contribution >= 4 is 43.3 Å². The first-order valence-electron chi connectivity index (χ1n) is 2.12. The highest BCUT2D eigenvalue weighted by atomic mass is 35.5. The third-order valence-electron chi connectivity index (χ3n) is 0.689. The van der Waals surface area contributed by atoms with E-state index < -0.39 is 9.39 Å².